The summed E-state index contributed by atoms with van der Waals surface area (Å²) in [5.74, 6) is 0. The average molecular weight is 157 g/mol. The molecule has 1 radical (unpaired) electrons. The Kier molecular flexibility index (Phi) is 67.1. The second-order valence-electron chi connectivity index (χ2n) is 0.0816. The Morgan fingerprint density at radius 2 is 1.20 bits per heavy atom. The van der Waals surface area contributed by atoms with Gasteiger partial charge >= 0.3 is 0 Å². The van der Waals surface area contributed by atoms with Gasteiger partial charge in [0.25, 0.3) is 0 Å². The summed E-state index contributed by atoms with van der Waals surface area (Å²) in [6, 6.07) is 0. The van der Waals surface area contributed by atoms with Crippen LogP contribution in [0.1, 0.15) is 0 Å². The molecule has 0 aromatic carbocycles. The quantitative estimate of drug-likeness (QED) is 0.294. The monoisotopic (exact) mass is 157 g/mol. The van der Waals surface area contributed by atoms with Crippen LogP contribution in [-0.2, 0) is 40.7 Å². The summed E-state index contributed by atoms with van der Waals surface area (Å²) in [6.07, 6.45) is 0. The minimum atomic E-state index is 0. The first-order valence-corrected chi connectivity index (χ1v) is 0.365. The van der Waals surface area contributed by atoms with E-state index in [1.165, 1.54) is 0 Å². The summed E-state index contributed by atoms with van der Waals surface area (Å²) in [5.41, 5.74) is 0. The fraction of sp³-hybridized carbons (Fsp3) is 0. The Bertz CT molecular complexity index is 6.85. The number of rotatable bonds is 0. The van der Waals surface area contributed by atoms with Gasteiger partial charge in [-0.25, -0.2) is 10.5 Å². The van der Waals surface area contributed by atoms with Gasteiger partial charge in [0.15, 0.2) is 0 Å². The summed E-state index contributed by atoms with van der Waals surface area (Å²) in [5, 5.41) is 15.5. The van der Waals surface area contributed by atoms with Crippen LogP contribution < -0.4 is 0 Å². The topological polar surface area (TPSA) is 49.7 Å². The Morgan fingerprint density at radius 3 is 1.20 bits per heavy atom. The molecule has 0 atom stereocenters. The number of hydrogen-bond donors (Lipinski definition) is 2. The minimum absolute atomic E-state index is 0. The molecule has 0 spiro atoms. The summed E-state index contributed by atoms with van der Waals surface area (Å²) < 4.78 is 0. The van der Waals surface area contributed by atoms with Crippen molar-refractivity contribution in [1.29, 1.82) is 0 Å². The Hall–Kier alpha value is 0.984. The first-order valence-electron chi connectivity index (χ1n) is 0.365. The van der Waals surface area contributed by atoms with Crippen molar-refractivity contribution < 1.29 is 51.2 Å². The molecule has 0 unspecified atom stereocenters. The molecular weight excluding hydrogens is 155 g/mol. The molecule has 5 heteroatoms. The van der Waals surface area contributed by atoms with Crippen molar-refractivity contribution >= 4 is 0 Å². The molecule has 0 aromatic heterocycles. The third-order valence-electron chi connectivity index (χ3n) is 0. The minimum Gasteiger partial charge on any atom is -0.221 e. The van der Waals surface area contributed by atoms with Crippen LogP contribution in [0.15, 0.2) is 0 Å². The zero-order valence-electron chi connectivity index (χ0n) is 2.10. The van der Waals surface area contributed by atoms with Gasteiger partial charge in [-0.15, -0.1) is 0 Å². The molecule has 0 aliphatic heterocycles. The second-order valence-corrected chi connectivity index (χ2v) is 0.0816. The first-order chi connectivity index (χ1) is 1.41. The summed E-state index contributed by atoms with van der Waals surface area (Å²) >= 11 is 0. The molecule has 0 aliphatic rings. The van der Waals surface area contributed by atoms with Crippen LogP contribution in [0.3, 0.4) is 0 Å². The molecule has 33 valence electrons. The molecule has 0 bridgehead atoms. The van der Waals surface area contributed by atoms with Crippen molar-refractivity contribution in [3.8, 4) is 0 Å². The van der Waals surface area contributed by atoms with Gasteiger partial charge < -0.3 is 0 Å². The van der Waals surface area contributed by atoms with Crippen LogP contribution in [-0.4, -0.2) is 10.5 Å². The molecule has 0 rings (SSSR count). The second kappa shape index (κ2) is 20.1. The van der Waals surface area contributed by atoms with Crippen LogP contribution >= 0.6 is 0 Å². The molecule has 3 nitrogen and oxygen atoms in total. The molecule has 0 fully saturated rings. The predicted molar refractivity (Wildman–Crippen MR) is 6.34 cm³/mol. The van der Waals surface area contributed by atoms with Crippen LogP contribution in [0, 0.1) is 0 Å². The Morgan fingerprint density at radius 1 is 1.20 bits per heavy atom. The van der Waals surface area contributed by atoms with Gasteiger partial charge in [-0.2, -0.15) is 0 Å². The Labute approximate surface area is 51.5 Å². The summed E-state index contributed by atoms with van der Waals surface area (Å²) in [6.45, 7) is 0. The van der Waals surface area contributed by atoms with Gasteiger partial charge in [-0.3, -0.25) is 0 Å². The summed E-state index contributed by atoms with van der Waals surface area (Å²) in [4.78, 5) is 0. The van der Waals surface area contributed by atoms with E-state index in [1.807, 2.05) is 0 Å². The average Bonchev–Trinajstić information content (AvgIpc) is 0.918. The first kappa shape index (κ1) is 16.7. The van der Waals surface area contributed by atoms with E-state index in [-0.39, 0.29) is 35.6 Å². The van der Waals surface area contributed by atoms with E-state index in [9.17, 15) is 0 Å². The summed E-state index contributed by atoms with van der Waals surface area (Å²) in [7, 11) is 0. The van der Waals surface area contributed by atoms with E-state index in [1.54, 1.807) is 0 Å². The molecule has 0 amide bonds. The van der Waals surface area contributed by atoms with Crippen LogP contribution in [0.5, 0.6) is 0 Å². The molecule has 2 N–H and O–H groups in total. The predicted octanol–water partition coefficient (Wildman–Crippen LogP) is -0.0560. The van der Waals surface area contributed by atoms with Crippen LogP contribution in [0.2, 0.25) is 0 Å². The molecule has 0 saturated heterocycles. The molecule has 0 aromatic rings. The van der Waals surface area contributed by atoms with Crippen molar-refractivity contribution in [3.63, 3.8) is 0 Å². The van der Waals surface area contributed by atoms with Gasteiger partial charge in [0, 0.05) is 35.6 Å². The van der Waals surface area contributed by atoms with Gasteiger partial charge in [0.05, 0.1) is 0 Å². The van der Waals surface area contributed by atoms with Crippen molar-refractivity contribution in [2.24, 2.45) is 0 Å². The maximum absolute atomic E-state index is 6.62. The normalized spacial score (nSPS) is 3.60. The fourth-order valence-electron chi connectivity index (χ4n) is 0. The van der Waals surface area contributed by atoms with Crippen LogP contribution in [0.4, 0.5) is 0 Å². The third-order valence-corrected chi connectivity index (χ3v) is 0. The molecular formula is H2FeO3V. The van der Waals surface area contributed by atoms with Crippen molar-refractivity contribution in [2.75, 3.05) is 0 Å². The van der Waals surface area contributed by atoms with Gasteiger partial charge in [0.1, 0.15) is 0 Å². The molecule has 5 heavy (non-hydrogen) atoms. The van der Waals surface area contributed by atoms with E-state index >= 15 is 0 Å². The maximum atomic E-state index is 6.62. The van der Waals surface area contributed by atoms with E-state index < -0.39 is 0 Å². The van der Waals surface area contributed by atoms with Crippen molar-refractivity contribution in [3.05, 3.63) is 0 Å². The van der Waals surface area contributed by atoms with Gasteiger partial charge in [-0.1, -0.05) is 5.04 Å². The largest absolute Gasteiger partial charge is 0.221 e. The fourth-order valence-corrected chi connectivity index (χ4v) is 0. The van der Waals surface area contributed by atoms with E-state index in [0.717, 1.165) is 0 Å². The Balaban J connectivity index is -0.0000000200. The number of hydrogen-bond acceptors (Lipinski definition) is 3. The zero-order valence-corrected chi connectivity index (χ0v) is 4.60. The van der Waals surface area contributed by atoms with E-state index in [0.29, 0.717) is 0 Å². The van der Waals surface area contributed by atoms with E-state index in [2.05, 4.69) is 5.04 Å². The standard InChI is InChI=1S/Fe.H2O3.V/c;1-3-2;/h;1-2H;. The van der Waals surface area contributed by atoms with Gasteiger partial charge in [-0.05, 0) is 0 Å². The van der Waals surface area contributed by atoms with Gasteiger partial charge in [0.2, 0.25) is 0 Å². The third kappa shape index (κ3) is 45.8. The molecule has 0 saturated carbocycles. The van der Waals surface area contributed by atoms with Crippen molar-refractivity contribution in [2.45, 2.75) is 0 Å². The van der Waals surface area contributed by atoms with Crippen molar-refractivity contribution in [1.82, 2.24) is 0 Å². The van der Waals surface area contributed by atoms with E-state index in [4.69, 9.17) is 10.5 Å². The SMILES string of the molecule is OOO.[Fe].[V]. The zero-order chi connectivity index (χ0) is 2.71. The molecule has 0 aliphatic carbocycles. The van der Waals surface area contributed by atoms with Crippen LogP contribution in [0.25, 0.3) is 0 Å². The maximum Gasteiger partial charge on any atom is 0 e. The smallest absolute Gasteiger partial charge is 0 e. The molecule has 0 heterocycles.